The summed E-state index contributed by atoms with van der Waals surface area (Å²) in [5.41, 5.74) is 8.15. The summed E-state index contributed by atoms with van der Waals surface area (Å²) < 4.78 is 0. The smallest absolute Gasteiger partial charge is 0.262 e. The highest BCUT2D eigenvalue weighted by Crippen LogP contribution is 2.14. The molecule has 0 radical (unpaired) electrons. The van der Waals surface area contributed by atoms with Gasteiger partial charge >= 0.3 is 0 Å². The lowest BCUT2D eigenvalue weighted by Gasteiger charge is -2.07. The van der Waals surface area contributed by atoms with Crippen LogP contribution in [0.3, 0.4) is 0 Å². The first-order valence-corrected chi connectivity index (χ1v) is 2.81. The summed E-state index contributed by atoms with van der Waals surface area (Å²) >= 11 is 0. The van der Waals surface area contributed by atoms with Gasteiger partial charge in [-0.25, -0.2) is 0 Å². The molecule has 0 fully saturated rings. The highest BCUT2D eigenvalue weighted by atomic mass is 14.8. The number of hydrogen-bond donors (Lipinski definition) is 0. The number of rotatable bonds is 2. The van der Waals surface area contributed by atoms with E-state index in [0.717, 1.165) is 6.42 Å². The zero-order chi connectivity index (χ0) is 6.62. The van der Waals surface area contributed by atoms with Crippen LogP contribution in [0.2, 0.25) is 0 Å². The molecule has 0 aromatic heterocycles. The van der Waals surface area contributed by atoms with Crippen molar-refractivity contribution in [2.24, 2.45) is 5.41 Å². The highest BCUT2D eigenvalue weighted by molar-refractivity contribution is 5.58. The Balaban J connectivity index is 3.90. The van der Waals surface area contributed by atoms with Gasteiger partial charge in [0.15, 0.2) is 0 Å². The van der Waals surface area contributed by atoms with Crippen LogP contribution in [-0.2, 0) is 0 Å². The Kier molecular flexibility index (Phi) is 2.43. The molecule has 0 spiro atoms. The van der Waals surface area contributed by atoms with E-state index in [1.54, 1.807) is 6.21 Å². The Morgan fingerprint density at radius 3 is 2.25 bits per heavy atom. The zero-order valence-corrected chi connectivity index (χ0v) is 5.68. The molecule has 0 rings (SSSR count). The minimum atomic E-state index is 0.0503. The number of hydrogen-bond acceptors (Lipinski definition) is 0. The van der Waals surface area contributed by atoms with E-state index in [4.69, 9.17) is 5.53 Å². The first-order chi connectivity index (χ1) is 3.62. The SMILES string of the molecule is CCC(C)(C)C=[N+]=[N-]. The Morgan fingerprint density at radius 1 is 1.62 bits per heavy atom. The first kappa shape index (κ1) is 7.38. The molecule has 0 aliphatic rings. The molecule has 0 saturated carbocycles. The van der Waals surface area contributed by atoms with Gasteiger partial charge in [-0.1, -0.05) is 6.92 Å². The van der Waals surface area contributed by atoms with Crippen LogP contribution >= 0.6 is 0 Å². The van der Waals surface area contributed by atoms with Crippen molar-refractivity contribution in [3.8, 4) is 0 Å². The van der Waals surface area contributed by atoms with Crippen LogP contribution in [0.5, 0.6) is 0 Å². The van der Waals surface area contributed by atoms with Crippen LogP contribution in [0, 0.1) is 5.41 Å². The molecule has 2 nitrogen and oxygen atoms in total. The lowest BCUT2D eigenvalue weighted by atomic mass is 9.92. The fraction of sp³-hybridized carbons (Fsp3) is 0.833. The molecular formula is C6H12N2. The van der Waals surface area contributed by atoms with E-state index in [0.29, 0.717) is 0 Å². The van der Waals surface area contributed by atoms with Crippen LogP contribution in [0.4, 0.5) is 0 Å². The van der Waals surface area contributed by atoms with Crippen molar-refractivity contribution in [2.45, 2.75) is 27.2 Å². The van der Waals surface area contributed by atoms with Gasteiger partial charge in [-0.2, -0.15) is 4.79 Å². The van der Waals surface area contributed by atoms with Crippen molar-refractivity contribution < 1.29 is 4.79 Å². The molecule has 8 heavy (non-hydrogen) atoms. The monoisotopic (exact) mass is 112 g/mol. The fourth-order valence-electron chi connectivity index (χ4n) is 0.248. The van der Waals surface area contributed by atoms with Crippen LogP contribution < -0.4 is 0 Å². The van der Waals surface area contributed by atoms with Gasteiger partial charge in [0, 0.05) is 0 Å². The summed E-state index contributed by atoms with van der Waals surface area (Å²) in [5.74, 6) is 0. The maximum Gasteiger partial charge on any atom is 0.262 e. The van der Waals surface area contributed by atoms with Crippen LogP contribution in [0.25, 0.3) is 5.53 Å². The van der Waals surface area contributed by atoms with E-state index in [1.165, 1.54) is 0 Å². The molecule has 0 atom stereocenters. The molecule has 0 unspecified atom stereocenters. The second kappa shape index (κ2) is 2.63. The molecule has 0 amide bonds. The molecule has 0 aliphatic heterocycles. The Morgan fingerprint density at radius 2 is 2.12 bits per heavy atom. The van der Waals surface area contributed by atoms with E-state index in [-0.39, 0.29) is 5.41 Å². The van der Waals surface area contributed by atoms with Gasteiger partial charge in [0.1, 0.15) is 0 Å². The van der Waals surface area contributed by atoms with Gasteiger partial charge in [-0.3, -0.25) is 0 Å². The minimum Gasteiger partial charge on any atom is -0.362 e. The molecular weight excluding hydrogens is 100 g/mol. The number of nitrogens with zero attached hydrogens (tertiary/aromatic N) is 2. The summed E-state index contributed by atoms with van der Waals surface area (Å²) in [6, 6.07) is 0. The van der Waals surface area contributed by atoms with E-state index >= 15 is 0 Å². The fourth-order valence-corrected chi connectivity index (χ4v) is 0.248. The second-order valence-corrected chi connectivity index (χ2v) is 2.59. The van der Waals surface area contributed by atoms with Gasteiger partial charge in [-0.05, 0) is 20.3 Å². The Hall–Kier alpha value is -0.620. The predicted molar refractivity (Wildman–Crippen MR) is 33.8 cm³/mol. The van der Waals surface area contributed by atoms with Crippen molar-refractivity contribution >= 4 is 6.21 Å². The molecule has 0 N–H and O–H groups in total. The largest absolute Gasteiger partial charge is 0.362 e. The summed E-state index contributed by atoms with van der Waals surface area (Å²) in [6.07, 6.45) is 2.55. The maximum atomic E-state index is 8.10. The Labute approximate surface area is 50.1 Å². The average molecular weight is 112 g/mol. The topological polar surface area (TPSA) is 36.4 Å². The van der Waals surface area contributed by atoms with Crippen LogP contribution in [0.15, 0.2) is 0 Å². The van der Waals surface area contributed by atoms with E-state index in [9.17, 15) is 0 Å². The van der Waals surface area contributed by atoms with Gasteiger partial charge in [0.2, 0.25) is 0 Å². The molecule has 0 aromatic carbocycles. The van der Waals surface area contributed by atoms with E-state index in [2.05, 4.69) is 11.7 Å². The van der Waals surface area contributed by atoms with Crippen molar-refractivity contribution in [2.75, 3.05) is 0 Å². The molecule has 0 saturated heterocycles. The molecule has 0 heterocycles. The van der Waals surface area contributed by atoms with Crippen LogP contribution in [0.1, 0.15) is 27.2 Å². The quantitative estimate of drug-likeness (QED) is 0.296. The van der Waals surface area contributed by atoms with Crippen molar-refractivity contribution in [1.29, 1.82) is 0 Å². The summed E-state index contributed by atoms with van der Waals surface area (Å²) in [6.45, 7) is 6.10. The Bertz CT molecular complexity index is 110. The van der Waals surface area contributed by atoms with Gasteiger partial charge < -0.3 is 5.53 Å². The third-order valence-electron chi connectivity index (χ3n) is 1.32. The standard InChI is InChI=1S/C6H12N2/c1-4-6(2,3)5-8-7/h5H,4H2,1-3H3. The maximum absolute atomic E-state index is 8.10. The van der Waals surface area contributed by atoms with Gasteiger partial charge in [0.25, 0.3) is 6.21 Å². The van der Waals surface area contributed by atoms with Gasteiger partial charge in [-0.15, -0.1) is 0 Å². The summed E-state index contributed by atoms with van der Waals surface area (Å²) in [5, 5.41) is 0. The lowest BCUT2D eigenvalue weighted by molar-refractivity contribution is -0.00812. The van der Waals surface area contributed by atoms with Crippen molar-refractivity contribution in [1.82, 2.24) is 0 Å². The minimum absolute atomic E-state index is 0.0503. The normalized spacial score (nSPS) is 10.4. The predicted octanol–water partition coefficient (Wildman–Crippen LogP) is 1.72. The zero-order valence-electron chi connectivity index (χ0n) is 5.68. The second-order valence-electron chi connectivity index (χ2n) is 2.59. The van der Waals surface area contributed by atoms with E-state index in [1.807, 2.05) is 13.8 Å². The summed E-state index contributed by atoms with van der Waals surface area (Å²) in [7, 11) is 0. The average Bonchev–Trinajstić information content (AvgIpc) is 1.67. The van der Waals surface area contributed by atoms with Crippen molar-refractivity contribution in [3.63, 3.8) is 0 Å². The third kappa shape index (κ3) is 2.54. The lowest BCUT2D eigenvalue weighted by Crippen LogP contribution is -2.10. The third-order valence-corrected chi connectivity index (χ3v) is 1.32. The molecule has 0 aliphatic carbocycles. The van der Waals surface area contributed by atoms with Crippen LogP contribution in [-0.4, -0.2) is 11.0 Å². The molecule has 0 aromatic rings. The van der Waals surface area contributed by atoms with E-state index < -0.39 is 0 Å². The first-order valence-electron chi connectivity index (χ1n) is 2.81. The summed E-state index contributed by atoms with van der Waals surface area (Å²) in [4.78, 5) is 2.95. The molecule has 46 valence electrons. The molecule has 0 bridgehead atoms. The highest BCUT2D eigenvalue weighted by Gasteiger charge is 2.15. The van der Waals surface area contributed by atoms with Crippen molar-refractivity contribution in [3.05, 3.63) is 5.53 Å². The van der Waals surface area contributed by atoms with Gasteiger partial charge in [0.05, 0.1) is 5.41 Å². The molecule has 2 heteroatoms.